The van der Waals surface area contributed by atoms with E-state index in [9.17, 15) is 0 Å². The van der Waals surface area contributed by atoms with E-state index >= 15 is 0 Å². The zero-order chi connectivity index (χ0) is 32.1. The van der Waals surface area contributed by atoms with Crippen LogP contribution in [0.2, 0.25) is 0 Å². The molecule has 3 heterocycles. The van der Waals surface area contributed by atoms with Gasteiger partial charge in [-0.25, -0.2) is 24.9 Å². The van der Waals surface area contributed by atoms with Gasteiger partial charge in [0.25, 0.3) is 0 Å². The van der Waals surface area contributed by atoms with E-state index in [1.54, 1.807) is 12.4 Å². The summed E-state index contributed by atoms with van der Waals surface area (Å²) in [6, 6.07) is 49.4. The molecule has 0 fully saturated rings. The summed E-state index contributed by atoms with van der Waals surface area (Å²) in [5.41, 5.74) is 10.2. The molecule has 0 spiro atoms. The second-order valence-electron chi connectivity index (χ2n) is 11.3. The number of hydrogen-bond acceptors (Lipinski definition) is 6. The van der Waals surface area contributed by atoms with Crippen LogP contribution in [0.5, 0.6) is 0 Å². The van der Waals surface area contributed by atoms with Gasteiger partial charge in [-0.3, -0.25) is 4.98 Å². The third-order valence-electron chi connectivity index (χ3n) is 8.16. The van der Waals surface area contributed by atoms with Gasteiger partial charge in [-0.15, -0.1) is 0 Å². The fraction of sp³-hybridized carbons (Fsp3) is 0. The maximum Gasteiger partial charge on any atom is 0.164 e. The van der Waals surface area contributed by atoms with Crippen molar-refractivity contribution in [1.29, 1.82) is 0 Å². The van der Waals surface area contributed by atoms with Crippen LogP contribution in [0.15, 0.2) is 170 Å². The number of pyridine rings is 1. The summed E-state index contributed by atoms with van der Waals surface area (Å²) in [6.07, 6.45) is 7.15. The number of hydrogen-bond donors (Lipinski definition) is 0. The topological polar surface area (TPSA) is 77.3 Å². The van der Waals surface area contributed by atoms with Crippen molar-refractivity contribution in [1.82, 2.24) is 29.9 Å². The third-order valence-corrected chi connectivity index (χ3v) is 8.16. The summed E-state index contributed by atoms with van der Waals surface area (Å²) < 4.78 is 0. The SMILES string of the molecule is c1ccc(-c2nc(-c3ccccc3)nc(-c3cc(-c4ccc(-c5ccncc5)cc4)cc(-c4ccc(-c5ncccn5)cc4)c3)n2)cc1. The minimum atomic E-state index is 0.605. The molecule has 0 radical (unpaired) electrons. The molecule has 0 saturated heterocycles. The Morgan fingerprint density at radius 2 is 0.625 bits per heavy atom. The molecule has 3 aromatic heterocycles. The van der Waals surface area contributed by atoms with Crippen LogP contribution in [-0.2, 0) is 0 Å². The quantitative estimate of drug-likeness (QED) is 0.177. The van der Waals surface area contributed by atoms with Crippen LogP contribution in [0.25, 0.3) is 78.9 Å². The second kappa shape index (κ2) is 13.0. The van der Waals surface area contributed by atoms with Crippen molar-refractivity contribution in [2.24, 2.45) is 0 Å². The Hall–Kier alpha value is -6.66. The van der Waals surface area contributed by atoms with Crippen LogP contribution < -0.4 is 0 Å². The first-order valence-electron chi connectivity index (χ1n) is 15.7. The number of nitrogens with zero attached hydrogens (tertiary/aromatic N) is 6. The zero-order valence-corrected chi connectivity index (χ0v) is 25.8. The first-order chi connectivity index (χ1) is 23.8. The van der Waals surface area contributed by atoms with Crippen LogP contribution in [0.4, 0.5) is 0 Å². The fourth-order valence-corrected chi connectivity index (χ4v) is 5.69. The van der Waals surface area contributed by atoms with Crippen molar-refractivity contribution >= 4 is 0 Å². The average molecular weight is 617 g/mol. The summed E-state index contributed by atoms with van der Waals surface area (Å²) in [5, 5.41) is 0. The molecule has 226 valence electrons. The molecule has 0 bridgehead atoms. The van der Waals surface area contributed by atoms with Gasteiger partial charge < -0.3 is 0 Å². The smallest absolute Gasteiger partial charge is 0.164 e. The molecule has 0 N–H and O–H groups in total. The Kier molecular flexibility index (Phi) is 7.79. The summed E-state index contributed by atoms with van der Waals surface area (Å²) in [4.78, 5) is 28.0. The highest BCUT2D eigenvalue weighted by Gasteiger charge is 2.15. The van der Waals surface area contributed by atoms with E-state index in [4.69, 9.17) is 15.0 Å². The molecule has 5 aromatic carbocycles. The van der Waals surface area contributed by atoms with Gasteiger partial charge in [-0.1, -0.05) is 109 Å². The molecular weight excluding hydrogens is 589 g/mol. The van der Waals surface area contributed by atoms with Crippen LogP contribution in [-0.4, -0.2) is 29.9 Å². The number of benzene rings is 5. The van der Waals surface area contributed by atoms with E-state index in [2.05, 4.69) is 81.7 Å². The Balaban J connectivity index is 1.28. The Morgan fingerprint density at radius 1 is 0.250 bits per heavy atom. The summed E-state index contributed by atoms with van der Waals surface area (Å²) in [7, 11) is 0. The lowest BCUT2D eigenvalue weighted by atomic mass is 9.94. The predicted molar refractivity (Wildman–Crippen MR) is 191 cm³/mol. The summed E-state index contributed by atoms with van der Waals surface area (Å²) >= 11 is 0. The molecule has 0 amide bonds. The van der Waals surface area contributed by atoms with E-state index in [0.29, 0.717) is 23.3 Å². The van der Waals surface area contributed by atoms with Gasteiger partial charge >= 0.3 is 0 Å². The van der Waals surface area contributed by atoms with Gasteiger partial charge in [0.05, 0.1) is 0 Å². The maximum atomic E-state index is 5.03. The molecule has 0 unspecified atom stereocenters. The van der Waals surface area contributed by atoms with Crippen LogP contribution in [0.3, 0.4) is 0 Å². The first kappa shape index (κ1) is 28.8. The van der Waals surface area contributed by atoms with Gasteiger partial charge in [0.1, 0.15) is 0 Å². The third kappa shape index (κ3) is 6.10. The van der Waals surface area contributed by atoms with Crippen molar-refractivity contribution in [3.8, 4) is 78.9 Å². The monoisotopic (exact) mass is 616 g/mol. The van der Waals surface area contributed by atoms with Crippen molar-refractivity contribution in [3.05, 3.63) is 170 Å². The Bertz CT molecular complexity index is 2130. The summed E-state index contributed by atoms with van der Waals surface area (Å²) in [6.45, 7) is 0. The van der Waals surface area contributed by atoms with Gasteiger partial charge in [0.15, 0.2) is 23.3 Å². The highest BCUT2D eigenvalue weighted by Crippen LogP contribution is 2.34. The van der Waals surface area contributed by atoms with Crippen molar-refractivity contribution in [2.75, 3.05) is 0 Å². The number of aromatic nitrogens is 6. The molecule has 8 rings (SSSR count). The molecule has 0 aliphatic carbocycles. The molecule has 0 atom stereocenters. The standard InChI is InChI=1S/C42H28N6/c1-3-8-33(9-4-1)40-46-41(34-10-5-2-6-11-34)48-42(47-40)38-27-36(30-14-12-29(13-15-30)32-20-24-43-25-21-32)26-37(28-38)31-16-18-35(19-17-31)39-44-22-7-23-45-39/h1-28H. The summed E-state index contributed by atoms with van der Waals surface area (Å²) in [5.74, 6) is 2.55. The largest absolute Gasteiger partial charge is 0.265 e. The lowest BCUT2D eigenvalue weighted by molar-refractivity contribution is 1.07. The van der Waals surface area contributed by atoms with Crippen LogP contribution >= 0.6 is 0 Å². The van der Waals surface area contributed by atoms with E-state index < -0.39 is 0 Å². The lowest BCUT2D eigenvalue weighted by Crippen LogP contribution is -2.00. The molecule has 48 heavy (non-hydrogen) atoms. The molecule has 0 aliphatic rings. The molecule has 6 nitrogen and oxygen atoms in total. The Morgan fingerprint density at radius 3 is 1.12 bits per heavy atom. The Labute approximate surface area is 278 Å². The van der Waals surface area contributed by atoms with Crippen molar-refractivity contribution in [2.45, 2.75) is 0 Å². The van der Waals surface area contributed by atoms with Crippen molar-refractivity contribution in [3.63, 3.8) is 0 Å². The lowest BCUT2D eigenvalue weighted by Gasteiger charge is -2.13. The molecular formula is C42H28N6. The maximum absolute atomic E-state index is 5.03. The van der Waals surface area contributed by atoms with Crippen LogP contribution in [0.1, 0.15) is 0 Å². The van der Waals surface area contributed by atoms with Gasteiger partial charge in [-0.05, 0) is 69.8 Å². The predicted octanol–water partition coefficient (Wildman–Crippen LogP) is 9.73. The molecule has 6 heteroatoms. The highest BCUT2D eigenvalue weighted by atomic mass is 15.0. The zero-order valence-electron chi connectivity index (χ0n) is 25.8. The van der Waals surface area contributed by atoms with E-state index in [-0.39, 0.29) is 0 Å². The first-order valence-corrected chi connectivity index (χ1v) is 15.7. The van der Waals surface area contributed by atoms with Gasteiger partial charge in [0.2, 0.25) is 0 Å². The molecule has 0 saturated carbocycles. The minimum absolute atomic E-state index is 0.605. The number of rotatable bonds is 7. The van der Waals surface area contributed by atoms with Gasteiger partial charge in [-0.2, -0.15) is 0 Å². The van der Waals surface area contributed by atoms with Crippen LogP contribution in [0, 0.1) is 0 Å². The fourth-order valence-electron chi connectivity index (χ4n) is 5.69. The second-order valence-corrected chi connectivity index (χ2v) is 11.3. The minimum Gasteiger partial charge on any atom is -0.265 e. The average Bonchev–Trinajstić information content (AvgIpc) is 3.19. The van der Waals surface area contributed by atoms with E-state index in [1.807, 2.05) is 91.3 Å². The normalized spacial score (nSPS) is 10.9. The van der Waals surface area contributed by atoms with E-state index in [1.165, 1.54) is 0 Å². The van der Waals surface area contributed by atoms with Gasteiger partial charge in [0, 0.05) is 47.0 Å². The van der Waals surface area contributed by atoms with E-state index in [0.717, 1.165) is 55.6 Å². The van der Waals surface area contributed by atoms with Crippen molar-refractivity contribution < 1.29 is 0 Å². The highest BCUT2D eigenvalue weighted by molar-refractivity contribution is 5.82. The molecule has 0 aliphatic heterocycles. The molecule has 8 aromatic rings.